The van der Waals surface area contributed by atoms with Crippen molar-refractivity contribution in [3.05, 3.63) is 10.1 Å². The molecule has 0 saturated carbocycles. The second kappa shape index (κ2) is 2.52. The molecule has 1 N–H and O–H groups in total. The van der Waals surface area contributed by atoms with Crippen LogP contribution in [0.1, 0.15) is 19.3 Å². The number of aliphatic carboxylic acids is 1. The van der Waals surface area contributed by atoms with Gasteiger partial charge in [-0.1, -0.05) is 15.9 Å². The quantitative estimate of drug-likeness (QED) is 0.687. The molecule has 0 unspecified atom stereocenters. The van der Waals surface area contributed by atoms with Gasteiger partial charge in [-0.05, 0) is 19.3 Å². The van der Waals surface area contributed by atoms with Crippen molar-refractivity contribution in [3.63, 3.8) is 0 Å². The molecule has 50 valence electrons. The van der Waals surface area contributed by atoms with Crippen molar-refractivity contribution < 1.29 is 9.90 Å². The first-order chi connectivity index (χ1) is 4.22. The van der Waals surface area contributed by atoms with Crippen LogP contribution in [0.15, 0.2) is 10.1 Å². The maximum Gasteiger partial charge on any atom is 0.332 e. The fourth-order valence-corrected chi connectivity index (χ4v) is 1.58. The zero-order chi connectivity index (χ0) is 6.85. The molecule has 3 heteroatoms. The number of halogens is 1. The summed E-state index contributed by atoms with van der Waals surface area (Å²) in [6, 6.07) is 0. The third kappa shape index (κ3) is 1.33. The Bertz CT molecular complexity index is 172. The van der Waals surface area contributed by atoms with E-state index in [1.165, 1.54) is 0 Å². The number of hydrogen-bond acceptors (Lipinski definition) is 1. The summed E-state index contributed by atoms with van der Waals surface area (Å²) in [4.78, 5) is 10.3. The average molecular weight is 191 g/mol. The molecule has 0 spiro atoms. The summed E-state index contributed by atoms with van der Waals surface area (Å²) in [5, 5.41) is 8.50. The van der Waals surface area contributed by atoms with E-state index in [4.69, 9.17) is 5.11 Å². The van der Waals surface area contributed by atoms with E-state index in [0.29, 0.717) is 5.57 Å². The van der Waals surface area contributed by atoms with Crippen molar-refractivity contribution in [2.24, 2.45) is 0 Å². The lowest BCUT2D eigenvalue weighted by molar-refractivity contribution is -0.132. The van der Waals surface area contributed by atoms with E-state index in [9.17, 15) is 4.79 Å². The highest BCUT2D eigenvalue weighted by atomic mass is 79.9. The Balaban J connectivity index is 2.78. The molecule has 1 rings (SSSR count). The Hall–Kier alpha value is -0.310. The van der Waals surface area contributed by atoms with Crippen LogP contribution in [-0.4, -0.2) is 11.1 Å². The molecule has 0 bridgehead atoms. The van der Waals surface area contributed by atoms with Gasteiger partial charge in [0.15, 0.2) is 0 Å². The van der Waals surface area contributed by atoms with Crippen LogP contribution in [0.4, 0.5) is 0 Å². The van der Waals surface area contributed by atoms with Crippen LogP contribution in [-0.2, 0) is 4.79 Å². The lowest BCUT2D eigenvalue weighted by Gasteiger charge is -1.90. The Morgan fingerprint density at radius 2 is 2.22 bits per heavy atom. The molecular weight excluding hydrogens is 184 g/mol. The summed E-state index contributed by atoms with van der Waals surface area (Å²) in [7, 11) is 0. The number of allylic oxidation sites excluding steroid dienone is 1. The normalized spacial score (nSPS) is 18.8. The minimum Gasteiger partial charge on any atom is -0.478 e. The Morgan fingerprint density at radius 1 is 1.56 bits per heavy atom. The second-order valence-electron chi connectivity index (χ2n) is 2.04. The van der Waals surface area contributed by atoms with Crippen molar-refractivity contribution >= 4 is 21.9 Å². The van der Waals surface area contributed by atoms with Crippen molar-refractivity contribution in [1.29, 1.82) is 0 Å². The summed E-state index contributed by atoms with van der Waals surface area (Å²) in [5.41, 5.74) is 0.551. The highest BCUT2D eigenvalue weighted by molar-refractivity contribution is 9.11. The molecule has 0 saturated heterocycles. The third-order valence-corrected chi connectivity index (χ3v) is 2.28. The molecule has 0 aromatic heterocycles. The van der Waals surface area contributed by atoms with Gasteiger partial charge in [0.25, 0.3) is 0 Å². The molecular formula is C6H7BrO2. The predicted octanol–water partition coefficient (Wildman–Crippen LogP) is 1.90. The predicted molar refractivity (Wildman–Crippen MR) is 37.4 cm³/mol. The van der Waals surface area contributed by atoms with Crippen LogP contribution in [0.3, 0.4) is 0 Å². The van der Waals surface area contributed by atoms with Crippen molar-refractivity contribution in [3.8, 4) is 0 Å². The van der Waals surface area contributed by atoms with E-state index < -0.39 is 5.97 Å². The summed E-state index contributed by atoms with van der Waals surface area (Å²) < 4.78 is 0.870. The van der Waals surface area contributed by atoms with E-state index in [1.807, 2.05) is 0 Å². The molecule has 2 nitrogen and oxygen atoms in total. The van der Waals surface area contributed by atoms with Gasteiger partial charge in [0, 0.05) is 10.1 Å². The topological polar surface area (TPSA) is 37.3 Å². The first kappa shape index (κ1) is 6.81. The molecule has 1 aliphatic carbocycles. The fraction of sp³-hybridized carbons (Fsp3) is 0.500. The number of carboxylic acids is 1. The van der Waals surface area contributed by atoms with Gasteiger partial charge in [-0.2, -0.15) is 0 Å². The number of hydrogen-bond donors (Lipinski definition) is 1. The van der Waals surface area contributed by atoms with Gasteiger partial charge in [-0.3, -0.25) is 0 Å². The Morgan fingerprint density at radius 3 is 2.44 bits per heavy atom. The average Bonchev–Trinajstić information content (AvgIpc) is 2.13. The van der Waals surface area contributed by atoms with Crippen molar-refractivity contribution in [2.45, 2.75) is 19.3 Å². The third-order valence-electron chi connectivity index (χ3n) is 1.41. The molecule has 0 atom stereocenters. The van der Waals surface area contributed by atoms with Crippen LogP contribution < -0.4 is 0 Å². The smallest absolute Gasteiger partial charge is 0.332 e. The van der Waals surface area contributed by atoms with E-state index >= 15 is 0 Å². The number of carboxylic acid groups (broad SMARTS) is 1. The van der Waals surface area contributed by atoms with Crippen LogP contribution >= 0.6 is 15.9 Å². The standard InChI is InChI=1S/C6H7BrO2/c7-5-3-1-2-4(5)6(8)9/h1-3H2,(H,8,9). The first-order valence-electron chi connectivity index (χ1n) is 2.82. The molecule has 0 heterocycles. The maximum absolute atomic E-state index is 10.3. The summed E-state index contributed by atoms with van der Waals surface area (Å²) >= 11 is 3.20. The summed E-state index contributed by atoms with van der Waals surface area (Å²) in [6.45, 7) is 0. The van der Waals surface area contributed by atoms with Gasteiger partial charge < -0.3 is 5.11 Å². The van der Waals surface area contributed by atoms with Crippen LogP contribution in [0, 0.1) is 0 Å². The zero-order valence-corrected chi connectivity index (χ0v) is 6.44. The Kier molecular flexibility index (Phi) is 1.90. The highest BCUT2D eigenvalue weighted by Gasteiger charge is 2.17. The van der Waals surface area contributed by atoms with Gasteiger partial charge in [-0.15, -0.1) is 0 Å². The van der Waals surface area contributed by atoms with Gasteiger partial charge in [0.05, 0.1) is 0 Å². The molecule has 0 fully saturated rings. The van der Waals surface area contributed by atoms with Gasteiger partial charge in [-0.25, -0.2) is 4.79 Å². The molecule has 9 heavy (non-hydrogen) atoms. The first-order valence-corrected chi connectivity index (χ1v) is 3.62. The monoisotopic (exact) mass is 190 g/mol. The van der Waals surface area contributed by atoms with Gasteiger partial charge in [0.1, 0.15) is 0 Å². The summed E-state index contributed by atoms with van der Waals surface area (Å²) in [6.07, 6.45) is 2.58. The molecule has 0 aromatic rings. The van der Waals surface area contributed by atoms with Crippen LogP contribution in [0.5, 0.6) is 0 Å². The highest BCUT2D eigenvalue weighted by Crippen LogP contribution is 2.29. The van der Waals surface area contributed by atoms with Gasteiger partial charge in [0.2, 0.25) is 0 Å². The van der Waals surface area contributed by atoms with E-state index in [-0.39, 0.29) is 0 Å². The minimum absolute atomic E-state index is 0.551. The van der Waals surface area contributed by atoms with Crippen molar-refractivity contribution in [1.82, 2.24) is 0 Å². The maximum atomic E-state index is 10.3. The Labute approximate surface area is 61.7 Å². The molecule has 0 amide bonds. The second-order valence-corrected chi connectivity index (χ2v) is 3.00. The number of carbonyl (C=O) groups is 1. The van der Waals surface area contributed by atoms with E-state index in [1.54, 1.807) is 0 Å². The van der Waals surface area contributed by atoms with Crippen molar-refractivity contribution in [2.75, 3.05) is 0 Å². The van der Waals surface area contributed by atoms with E-state index in [2.05, 4.69) is 15.9 Å². The largest absolute Gasteiger partial charge is 0.478 e. The van der Waals surface area contributed by atoms with Gasteiger partial charge >= 0.3 is 5.97 Å². The molecule has 0 aliphatic heterocycles. The molecule has 0 aromatic carbocycles. The van der Waals surface area contributed by atoms with E-state index in [0.717, 1.165) is 23.7 Å². The fourth-order valence-electron chi connectivity index (χ4n) is 0.930. The van der Waals surface area contributed by atoms with Crippen LogP contribution in [0.2, 0.25) is 0 Å². The SMILES string of the molecule is O=C(O)C1=C(Br)CCC1. The lowest BCUT2D eigenvalue weighted by atomic mass is 10.2. The lowest BCUT2D eigenvalue weighted by Crippen LogP contribution is -1.97. The minimum atomic E-state index is -0.778. The molecule has 0 radical (unpaired) electrons. The zero-order valence-electron chi connectivity index (χ0n) is 4.85. The summed E-state index contributed by atoms with van der Waals surface area (Å²) in [5.74, 6) is -0.778. The molecule has 1 aliphatic rings. The number of rotatable bonds is 1. The van der Waals surface area contributed by atoms with Crippen LogP contribution in [0.25, 0.3) is 0 Å².